The first-order chi connectivity index (χ1) is 6.70. The van der Waals surface area contributed by atoms with Gasteiger partial charge in [-0.15, -0.1) is 11.6 Å². The molecule has 0 spiro atoms. The zero-order valence-electron chi connectivity index (χ0n) is 7.38. The number of aromatic nitrogens is 1. The van der Waals surface area contributed by atoms with E-state index < -0.39 is 0 Å². The number of halogens is 1. The van der Waals surface area contributed by atoms with E-state index in [4.69, 9.17) is 17.3 Å². The van der Waals surface area contributed by atoms with Crippen molar-refractivity contribution >= 4 is 28.2 Å². The molecule has 0 fully saturated rings. The van der Waals surface area contributed by atoms with Gasteiger partial charge in [0.2, 0.25) is 0 Å². The van der Waals surface area contributed by atoms with Crippen molar-refractivity contribution in [3.63, 3.8) is 0 Å². The summed E-state index contributed by atoms with van der Waals surface area (Å²) in [4.78, 5) is 14.1. The molecule has 0 aliphatic heterocycles. The van der Waals surface area contributed by atoms with Crippen LogP contribution < -0.4 is 11.3 Å². The molecule has 4 heteroatoms. The Morgan fingerprint density at radius 3 is 2.86 bits per heavy atom. The highest BCUT2D eigenvalue weighted by Gasteiger charge is 2.01. The molecule has 1 heterocycles. The van der Waals surface area contributed by atoms with E-state index >= 15 is 0 Å². The third-order valence-corrected chi connectivity index (χ3v) is 2.38. The minimum atomic E-state index is -0.155. The van der Waals surface area contributed by atoms with Crippen molar-refractivity contribution in [2.75, 3.05) is 5.73 Å². The summed E-state index contributed by atoms with van der Waals surface area (Å²) in [6, 6.07) is 7.16. The van der Waals surface area contributed by atoms with Gasteiger partial charge in [-0.1, -0.05) is 6.07 Å². The standard InChI is InChI=1S/C10H9ClN2O/c11-5-7-3-6-1-2-8(12)4-9(6)13-10(7)14/h1-4H,5,12H2,(H,13,14). The third-order valence-electron chi connectivity index (χ3n) is 2.09. The zero-order valence-corrected chi connectivity index (χ0v) is 8.14. The highest BCUT2D eigenvalue weighted by molar-refractivity contribution is 6.17. The molecule has 0 unspecified atom stereocenters. The summed E-state index contributed by atoms with van der Waals surface area (Å²) in [6.07, 6.45) is 0. The fourth-order valence-corrected chi connectivity index (χ4v) is 1.56. The van der Waals surface area contributed by atoms with Crippen LogP contribution in [0.1, 0.15) is 5.56 Å². The Morgan fingerprint density at radius 2 is 2.14 bits per heavy atom. The first-order valence-corrected chi connectivity index (χ1v) is 4.71. The number of aromatic amines is 1. The van der Waals surface area contributed by atoms with Crippen LogP contribution >= 0.6 is 11.6 Å². The van der Waals surface area contributed by atoms with Crippen LogP contribution in [-0.2, 0) is 5.88 Å². The first kappa shape index (κ1) is 9.09. The fourth-order valence-electron chi connectivity index (χ4n) is 1.36. The molecule has 0 atom stereocenters. The summed E-state index contributed by atoms with van der Waals surface area (Å²) in [5.74, 6) is 0.218. The first-order valence-electron chi connectivity index (χ1n) is 4.18. The smallest absolute Gasteiger partial charge is 0.252 e. The summed E-state index contributed by atoms with van der Waals surface area (Å²) in [6.45, 7) is 0. The number of alkyl halides is 1. The summed E-state index contributed by atoms with van der Waals surface area (Å²) in [5, 5.41) is 0.939. The van der Waals surface area contributed by atoms with Crippen molar-refractivity contribution < 1.29 is 0 Å². The predicted molar refractivity (Wildman–Crippen MR) is 58.5 cm³/mol. The second kappa shape index (κ2) is 3.35. The molecule has 3 nitrogen and oxygen atoms in total. The van der Waals surface area contributed by atoms with Crippen LogP contribution in [0, 0.1) is 0 Å². The van der Waals surface area contributed by atoms with Gasteiger partial charge in [0.25, 0.3) is 5.56 Å². The average Bonchev–Trinajstić information content (AvgIpc) is 2.16. The Morgan fingerprint density at radius 1 is 1.36 bits per heavy atom. The van der Waals surface area contributed by atoms with E-state index in [1.54, 1.807) is 18.2 Å². The van der Waals surface area contributed by atoms with Crippen molar-refractivity contribution in [2.45, 2.75) is 5.88 Å². The Kier molecular flexibility index (Phi) is 2.17. The van der Waals surface area contributed by atoms with Gasteiger partial charge in [-0.25, -0.2) is 0 Å². The predicted octanol–water partition coefficient (Wildman–Crippen LogP) is 1.85. The van der Waals surface area contributed by atoms with Gasteiger partial charge in [0.1, 0.15) is 0 Å². The maximum atomic E-state index is 11.4. The lowest BCUT2D eigenvalue weighted by Gasteiger charge is -2.01. The van der Waals surface area contributed by atoms with Crippen LogP contribution in [0.15, 0.2) is 29.1 Å². The summed E-state index contributed by atoms with van der Waals surface area (Å²) in [7, 11) is 0. The number of nitrogens with one attached hydrogen (secondary N) is 1. The van der Waals surface area contributed by atoms with Crippen molar-refractivity contribution in [1.82, 2.24) is 4.98 Å². The number of nitrogens with two attached hydrogens (primary N) is 1. The monoisotopic (exact) mass is 208 g/mol. The zero-order chi connectivity index (χ0) is 10.1. The van der Waals surface area contributed by atoms with E-state index in [-0.39, 0.29) is 11.4 Å². The fraction of sp³-hybridized carbons (Fsp3) is 0.100. The highest BCUT2D eigenvalue weighted by Crippen LogP contribution is 2.15. The van der Waals surface area contributed by atoms with Gasteiger partial charge in [0.15, 0.2) is 0 Å². The minimum Gasteiger partial charge on any atom is -0.399 e. The summed E-state index contributed by atoms with van der Waals surface area (Å²) in [5.41, 5.74) is 7.39. The number of hydrogen-bond acceptors (Lipinski definition) is 2. The van der Waals surface area contributed by atoms with Gasteiger partial charge in [-0.05, 0) is 23.6 Å². The molecule has 0 aliphatic rings. The third kappa shape index (κ3) is 1.46. The Hall–Kier alpha value is -1.48. The number of fused-ring (bicyclic) bond motifs is 1. The number of hydrogen-bond donors (Lipinski definition) is 2. The molecular weight excluding hydrogens is 200 g/mol. The second-order valence-corrected chi connectivity index (χ2v) is 3.37. The van der Waals surface area contributed by atoms with Crippen LogP contribution in [0.25, 0.3) is 10.9 Å². The maximum absolute atomic E-state index is 11.4. The van der Waals surface area contributed by atoms with Crippen LogP contribution in [0.4, 0.5) is 5.69 Å². The van der Waals surface area contributed by atoms with Gasteiger partial charge in [0, 0.05) is 11.3 Å². The quantitative estimate of drug-likeness (QED) is 0.555. The molecule has 1 aromatic heterocycles. The number of anilines is 1. The molecule has 72 valence electrons. The van der Waals surface area contributed by atoms with Gasteiger partial charge in [-0.2, -0.15) is 0 Å². The van der Waals surface area contributed by atoms with Crippen LogP contribution in [0.5, 0.6) is 0 Å². The molecule has 0 aliphatic carbocycles. The molecule has 2 rings (SSSR count). The lowest BCUT2D eigenvalue weighted by molar-refractivity contribution is 1.21. The SMILES string of the molecule is Nc1ccc2cc(CCl)c(=O)[nH]c2c1. The summed E-state index contributed by atoms with van der Waals surface area (Å²) >= 11 is 5.62. The second-order valence-electron chi connectivity index (χ2n) is 3.10. The molecule has 0 saturated carbocycles. The van der Waals surface area contributed by atoms with E-state index in [2.05, 4.69) is 4.98 Å². The largest absolute Gasteiger partial charge is 0.399 e. The number of benzene rings is 1. The number of H-pyrrole nitrogens is 1. The molecule has 0 radical (unpaired) electrons. The molecule has 1 aromatic carbocycles. The Balaban J connectivity index is 2.79. The van der Waals surface area contributed by atoms with Gasteiger partial charge >= 0.3 is 0 Å². The number of nitrogen functional groups attached to an aromatic ring is 1. The Bertz CT molecular complexity index is 533. The van der Waals surface area contributed by atoms with Crippen molar-refractivity contribution in [3.8, 4) is 0 Å². The van der Waals surface area contributed by atoms with Crippen molar-refractivity contribution in [3.05, 3.63) is 40.2 Å². The maximum Gasteiger partial charge on any atom is 0.252 e. The van der Waals surface area contributed by atoms with Gasteiger partial charge < -0.3 is 10.7 Å². The van der Waals surface area contributed by atoms with E-state index in [0.29, 0.717) is 11.3 Å². The van der Waals surface area contributed by atoms with Crippen LogP contribution in [0.2, 0.25) is 0 Å². The van der Waals surface area contributed by atoms with Crippen molar-refractivity contribution in [2.24, 2.45) is 0 Å². The summed E-state index contributed by atoms with van der Waals surface area (Å²) < 4.78 is 0. The highest BCUT2D eigenvalue weighted by atomic mass is 35.5. The molecular formula is C10H9ClN2O. The molecule has 0 amide bonds. The number of rotatable bonds is 1. The topological polar surface area (TPSA) is 58.9 Å². The van der Waals surface area contributed by atoms with Gasteiger partial charge in [0.05, 0.1) is 11.4 Å². The van der Waals surface area contributed by atoms with Crippen LogP contribution in [0.3, 0.4) is 0 Å². The minimum absolute atomic E-state index is 0.155. The van der Waals surface area contributed by atoms with Crippen LogP contribution in [-0.4, -0.2) is 4.98 Å². The van der Waals surface area contributed by atoms with Crippen molar-refractivity contribution in [1.29, 1.82) is 0 Å². The lowest BCUT2D eigenvalue weighted by atomic mass is 10.1. The molecule has 0 saturated heterocycles. The molecule has 14 heavy (non-hydrogen) atoms. The molecule has 2 aromatic rings. The van der Waals surface area contributed by atoms with E-state index in [1.807, 2.05) is 6.07 Å². The van der Waals surface area contributed by atoms with E-state index in [0.717, 1.165) is 10.9 Å². The number of pyridine rings is 1. The molecule has 3 N–H and O–H groups in total. The normalized spacial score (nSPS) is 10.6. The average molecular weight is 209 g/mol. The Labute approximate surface area is 85.5 Å². The van der Waals surface area contributed by atoms with Gasteiger partial charge in [-0.3, -0.25) is 4.79 Å². The molecule has 0 bridgehead atoms. The van der Waals surface area contributed by atoms with E-state index in [9.17, 15) is 4.79 Å². The lowest BCUT2D eigenvalue weighted by Crippen LogP contribution is -2.10. The van der Waals surface area contributed by atoms with E-state index in [1.165, 1.54) is 0 Å².